The van der Waals surface area contributed by atoms with Crippen LogP contribution in [-0.2, 0) is 4.79 Å². The third-order valence-electron chi connectivity index (χ3n) is 2.71. The molecule has 1 aliphatic carbocycles. The highest BCUT2D eigenvalue weighted by Gasteiger charge is 2.20. The Kier molecular flexibility index (Phi) is 3.73. The van der Waals surface area contributed by atoms with Gasteiger partial charge in [-0.2, -0.15) is 5.26 Å². The first kappa shape index (κ1) is 11.6. The Morgan fingerprint density at radius 1 is 1.35 bits per heavy atom. The Morgan fingerprint density at radius 3 is 2.65 bits per heavy atom. The van der Waals surface area contributed by atoms with Gasteiger partial charge in [0, 0.05) is 5.69 Å². The van der Waals surface area contributed by atoms with E-state index in [4.69, 9.17) is 5.26 Å². The summed E-state index contributed by atoms with van der Waals surface area (Å²) in [6.07, 6.45) is 2.56. The lowest BCUT2D eigenvalue weighted by Crippen LogP contribution is -2.29. The number of carbonyl (C=O) groups excluding carboxylic acids is 1. The maximum Gasteiger partial charge on any atom is 0.238 e. The number of carbonyl (C=O) groups is 1. The average molecular weight is 229 g/mol. The number of anilines is 1. The van der Waals surface area contributed by atoms with Crippen molar-refractivity contribution in [2.24, 2.45) is 5.92 Å². The maximum absolute atomic E-state index is 11.5. The first-order valence-corrected chi connectivity index (χ1v) is 5.78. The van der Waals surface area contributed by atoms with Crippen LogP contribution in [0, 0.1) is 17.2 Å². The van der Waals surface area contributed by atoms with Crippen LogP contribution in [-0.4, -0.2) is 19.0 Å². The van der Waals surface area contributed by atoms with E-state index in [1.54, 1.807) is 24.3 Å². The van der Waals surface area contributed by atoms with E-state index in [-0.39, 0.29) is 5.91 Å². The molecule has 0 unspecified atom stereocenters. The van der Waals surface area contributed by atoms with Gasteiger partial charge in [-0.3, -0.25) is 4.79 Å². The topological polar surface area (TPSA) is 64.9 Å². The minimum atomic E-state index is -0.0460. The number of hydrogen-bond donors (Lipinski definition) is 2. The van der Waals surface area contributed by atoms with E-state index in [9.17, 15) is 4.79 Å². The third-order valence-corrected chi connectivity index (χ3v) is 2.71. The molecule has 0 saturated heterocycles. The summed E-state index contributed by atoms with van der Waals surface area (Å²) in [5, 5.41) is 14.5. The fraction of sp³-hybridized carbons (Fsp3) is 0.385. The normalized spacial score (nSPS) is 14.1. The minimum absolute atomic E-state index is 0.0460. The van der Waals surface area contributed by atoms with E-state index in [0.29, 0.717) is 12.1 Å². The summed E-state index contributed by atoms with van der Waals surface area (Å²) >= 11 is 0. The Bertz CT molecular complexity index is 429. The van der Waals surface area contributed by atoms with E-state index in [1.807, 2.05) is 6.07 Å². The summed E-state index contributed by atoms with van der Waals surface area (Å²) in [5.74, 6) is 0.730. The zero-order valence-electron chi connectivity index (χ0n) is 9.57. The fourth-order valence-electron chi connectivity index (χ4n) is 1.55. The largest absolute Gasteiger partial charge is 0.325 e. The smallest absolute Gasteiger partial charge is 0.238 e. The van der Waals surface area contributed by atoms with Crippen LogP contribution in [0.2, 0.25) is 0 Å². The van der Waals surface area contributed by atoms with Crippen molar-refractivity contribution in [3.63, 3.8) is 0 Å². The summed E-state index contributed by atoms with van der Waals surface area (Å²) in [5.41, 5.74) is 1.32. The second kappa shape index (κ2) is 5.46. The quantitative estimate of drug-likeness (QED) is 0.804. The number of nitrogens with zero attached hydrogens (tertiary/aromatic N) is 1. The van der Waals surface area contributed by atoms with Gasteiger partial charge < -0.3 is 10.6 Å². The zero-order valence-corrected chi connectivity index (χ0v) is 9.57. The van der Waals surface area contributed by atoms with E-state index in [1.165, 1.54) is 12.8 Å². The molecule has 2 N–H and O–H groups in total. The van der Waals surface area contributed by atoms with Gasteiger partial charge in [0.15, 0.2) is 0 Å². The summed E-state index contributed by atoms with van der Waals surface area (Å²) in [7, 11) is 0. The molecule has 0 aromatic heterocycles. The maximum atomic E-state index is 11.5. The lowest BCUT2D eigenvalue weighted by molar-refractivity contribution is -0.115. The van der Waals surface area contributed by atoms with Crippen LogP contribution in [0.1, 0.15) is 18.4 Å². The van der Waals surface area contributed by atoms with Gasteiger partial charge in [0.1, 0.15) is 0 Å². The van der Waals surface area contributed by atoms with Crippen molar-refractivity contribution in [2.75, 3.05) is 18.4 Å². The van der Waals surface area contributed by atoms with E-state index in [0.717, 1.165) is 18.2 Å². The van der Waals surface area contributed by atoms with Crippen molar-refractivity contribution in [3.05, 3.63) is 29.8 Å². The number of hydrogen-bond acceptors (Lipinski definition) is 3. The molecular formula is C13H15N3O. The lowest BCUT2D eigenvalue weighted by Gasteiger charge is -2.06. The molecule has 0 radical (unpaired) electrons. The van der Waals surface area contributed by atoms with Crippen molar-refractivity contribution in [2.45, 2.75) is 12.8 Å². The van der Waals surface area contributed by atoms with Gasteiger partial charge in [0.2, 0.25) is 5.91 Å². The fourth-order valence-corrected chi connectivity index (χ4v) is 1.55. The minimum Gasteiger partial charge on any atom is -0.325 e. The van der Waals surface area contributed by atoms with Crippen molar-refractivity contribution in [3.8, 4) is 6.07 Å². The summed E-state index contributed by atoms with van der Waals surface area (Å²) in [6, 6.07) is 8.88. The van der Waals surface area contributed by atoms with Crippen LogP contribution in [0.3, 0.4) is 0 Å². The van der Waals surface area contributed by atoms with Crippen LogP contribution in [0.15, 0.2) is 24.3 Å². The van der Waals surface area contributed by atoms with Crippen LogP contribution in [0.25, 0.3) is 0 Å². The van der Waals surface area contributed by atoms with E-state index >= 15 is 0 Å². The Morgan fingerprint density at radius 2 is 2.06 bits per heavy atom. The molecule has 0 atom stereocenters. The molecule has 0 spiro atoms. The molecule has 4 heteroatoms. The number of benzene rings is 1. The third kappa shape index (κ3) is 3.89. The second-order valence-corrected chi connectivity index (χ2v) is 4.31. The first-order valence-electron chi connectivity index (χ1n) is 5.78. The van der Waals surface area contributed by atoms with Crippen LogP contribution >= 0.6 is 0 Å². The molecule has 17 heavy (non-hydrogen) atoms. The highest BCUT2D eigenvalue weighted by Crippen LogP contribution is 2.27. The van der Waals surface area contributed by atoms with Crippen molar-refractivity contribution in [1.29, 1.82) is 5.26 Å². The van der Waals surface area contributed by atoms with E-state index in [2.05, 4.69) is 10.6 Å². The number of rotatable bonds is 5. The van der Waals surface area contributed by atoms with Crippen LogP contribution in [0.4, 0.5) is 5.69 Å². The number of amides is 1. The molecule has 1 aliphatic rings. The van der Waals surface area contributed by atoms with Crippen molar-refractivity contribution < 1.29 is 4.79 Å². The molecule has 1 saturated carbocycles. The van der Waals surface area contributed by atoms with E-state index < -0.39 is 0 Å². The lowest BCUT2D eigenvalue weighted by atomic mass is 10.2. The van der Waals surface area contributed by atoms with Gasteiger partial charge in [-0.25, -0.2) is 0 Å². The molecule has 1 amide bonds. The van der Waals surface area contributed by atoms with Gasteiger partial charge >= 0.3 is 0 Å². The highest BCUT2D eigenvalue weighted by molar-refractivity contribution is 5.92. The molecular weight excluding hydrogens is 214 g/mol. The predicted molar refractivity (Wildman–Crippen MR) is 65.4 cm³/mol. The molecule has 2 rings (SSSR count). The molecule has 1 aromatic rings. The predicted octanol–water partition coefficient (Wildman–Crippen LogP) is 1.50. The van der Waals surface area contributed by atoms with Gasteiger partial charge in [-0.1, -0.05) is 0 Å². The second-order valence-electron chi connectivity index (χ2n) is 4.31. The number of nitrogens with one attached hydrogen (secondary N) is 2. The molecule has 0 heterocycles. The summed E-state index contributed by atoms with van der Waals surface area (Å²) in [4.78, 5) is 11.5. The molecule has 1 fully saturated rings. The average Bonchev–Trinajstić information content (AvgIpc) is 3.14. The Labute approximate surface area is 101 Å². The Hall–Kier alpha value is -1.86. The molecule has 4 nitrogen and oxygen atoms in total. The standard InChI is InChI=1S/C13H15N3O/c14-7-10-3-5-12(6-4-10)16-13(17)9-15-8-11-1-2-11/h3-6,11,15H,1-2,8-9H2,(H,16,17). The summed E-state index contributed by atoms with van der Waals surface area (Å²) in [6.45, 7) is 1.28. The number of nitriles is 1. The van der Waals surface area contributed by atoms with Gasteiger partial charge in [-0.05, 0) is 49.6 Å². The summed E-state index contributed by atoms with van der Waals surface area (Å²) < 4.78 is 0. The van der Waals surface area contributed by atoms with Gasteiger partial charge in [0.05, 0.1) is 18.2 Å². The first-order chi connectivity index (χ1) is 8.28. The zero-order chi connectivity index (χ0) is 12.1. The molecule has 0 aliphatic heterocycles. The van der Waals surface area contributed by atoms with Crippen molar-refractivity contribution in [1.82, 2.24) is 5.32 Å². The molecule has 88 valence electrons. The highest BCUT2D eigenvalue weighted by atomic mass is 16.1. The molecule has 0 bridgehead atoms. The van der Waals surface area contributed by atoms with Crippen LogP contribution < -0.4 is 10.6 Å². The van der Waals surface area contributed by atoms with Crippen LogP contribution in [0.5, 0.6) is 0 Å². The monoisotopic (exact) mass is 229 g/mol. The molecule has 1 aromatic carbocycles. The van der Waals surface area contributed by atoms with Gasteiger partial charge in [0.25, 0.3) is 0 Å². The SMILES string of the molecule is N#Cc1ccc(NC(=O)CNCC2CC2)cc1. The van der Waals surface area contributed by atoms with Gasteiger partial charge in [-0.15, -0.1) is 0 Å². The Balaban J connectivity index is 1.74. The van der Waals surface area contributed by atoms with Crippen molar-refractivity contribution >= 4 is 11.6 Å².